The van der Waals surface area contributed by atoms with Gasteiger partial charge in [-0.25, -0.2) is 19.2 Å². The van der Waals surface area contributed by atoms with Crippen LogP contribution < -0.4 is 40.9 Å². The van der Waals surface area contributed by atoms with Gasteiger partial charge in [0.05, 0.1) is 23.8 Å². The molecule has 0 unspecified atom stereocenters. The fourth-order valence-corrected chi connectivity index (χ4v) is 3.03. The molecule has 0 fully saturated rings. The third-order valence-electron chi connectivity index (χ3n) is 4.20. The maximum Gasteiger partial charge on any atom is 4.00 e. The molecule has 0 aromatic rings. The molecule has 0 aliphatic heterocycles. The summed E-state index contributed by atoms with van der Waals surface area (Å²) < 4.78 is 39.4. The average molecular weight is 1340 g/mol. The van der Waals surface area contributed by atoms with Crippen LogP contribution >= 0.6 is 0 Å². The van der Waals surface area contributed by atoms with Crippen LogP contribution in [0.2, 0.25) is 0 Å². The topological polar surface area (TPSA) is 327 Å². The Kier molecular flexibility index (Phi) is 51.4. The summed E-state index contributed by atoms with van der Waals surface area (Å²) in [4.78, 5) is 44.7. The Hall–Kier alpha value is -3.15. The Morgan fingerprint density at radius 2 is 0.293 bits per heavy atom. The zero-order valence-electron chi connectivity index (χ0n) is 57.5. The summed E-state index contributed by atoms with van der Waals surface area (Å²) in [5, 5.41) is 85.1. The number of hydrogen-bond acceptors (Lipinski definition) is 20. The van der Waals surface area contributed by atoms with Gasteiger partial charge in [-0.15, -0.1) is 22.4 Å². The average Bonchev–Trinajstić information content (AvgIpc) is 2.94. The van der Waals surface area contributed by atoms with Gasteiger partial charge in [-0.05, 0) is 83.1 Å². The molecular weight excluding hydrogens is 1220 g/mol. The molecule has 0 saturated heterocycles. The molecule has 0 saturated carbocycles. The SMILES string of the molecule is CC(C)(C)OC(=O)/C=C(\[O-])OC(C)(C)C.CC(C)(C)OC(=O)/C=C(\[O-])OC(C)(C)C.CC(C)(C)OC(=O)/C=C(\[O-])OC(C)(C)C.CC(C)(C)OC(=O)/C=C(\[O-])OC(C)(C)C.CC(C)(C)[O-].CC(C)(C)[O-].CC(C)(C)[O-].CC(C)(C)[O-].[Zr+4].[Zr+4]. The molecule has 22 heteroatoms. The summed E-state index contributed by atoms with van der Waals surface area (Å²) in [6, 6.07) is 0. The largest absolute Gasteiger partial charge is 4.00 e. The van der Waals surface area contributed by atoms with E-state index in [0.717, 1.165) is 24.3 Å². The molecule has 0 heterocycles. The van der Waals surface area contributed by atoms with E-state index in [1.54, 1.807) is 249 Å². The third-order valence-corrected chi connectivity index (χ3v) is 4.20. The van der Waals surface area contributed by atoms with E-state index in [0.29, 0.717) is 0 Å². The van der Waals surface area contributed by atoms with Crippen LogP contribution in [0.25, 0.3) is 0 Å². The van der Waals surface area contributed by atoms with Gasteiger partial charge in [-0.1, -0.05) is 166 Å². The number of esters is 4. The van der Waals surface area contributed by atoms with Crippen LogP contribution in [0, 0.1) is 0 Å². The molecule has 0 rings (SSSR count). The zero-order chi connectivity index (χ0) is 67.1. The Morgan fingerprint density at radius 1 is 0.220 bits per heavy atom. The Bertz CT molecular complexity index is 1560. The molecule has 0 N–H and O–H groups in total. The normalized spacial score (nSPS) is 12.9. The zero-order valence-corrected chi connectivity index (χ0v) is 62.4. The number of hydrogen-bond donors (Lipinski definition) is 0. The number of carbonyl (C=O) groups is 4. The molecule has 0 aliphatic rings. The molecule has 0 aromatic heterocycles. The second-order valence-corrected chi connectivity index (χ2v) is 29.3. The van der Waals surface area contributed by atoms with E-state index >= 15 is 0 Å². The second-order valence-electron chi connectivity index (χ2n) is 29.3. The maximum absolute atomic E-state index is 11.2. The summed E-state index contributed by atoms with van der Waals surface area (Å²) in [5.41, 5.74) is -7.81. The Morgan fingerprint density at radius 3 is 0.354 bits per heavy atom. The quantitative estimate of drug-likeness (QED) is 0.117. The molecule has 0 aromatic carbocycles. The van der Waals surface area contributed by atoms with E-state index in [-0.39, 0.29) is 52.4 Å². The van der Waals surface area contributed by atoms with Crippen LogP contribution in [0.15, 0.2) is 48.1 Å². The van der Waals surface area contributed by atoms with E-state index in [9.17, 15) is 60.0 Å². The van der Waals surface area contributed by atoms with Crippen molar-refractivity contribution in [3.8, 4) is 0 Å². The molecule has 82 heavy (non-hydrogen) atoms. The van der Waals surface area contributed by atoms with E-state index in [1.165, 1.54) is 0 Å². The first-order valence-corrected chi connectivity index (χ1v) is 26.0. The predicted octanol–water partition coefficient (Wildman–Crippen LogP) is 5.96. The number of rotatable bonds is 8. The van der Waals surface area contributed by atoms with Crippen molar-refractivity contribution in [2.45, 2.75) is 316 Å². The summed E-state index contributed by atoms with van der Waals surface area (Å²) >= 11 is 0. The van der Waals surface area contributed by atoms with Gasteiger partial charge in [-0.3, -0.25) is 0 Å². The summed E-state index contributed by atoms with van der Waals surface area (Å²) in [6.45, 7) is 61.1. The molecule has 0 bridgehead atoms. The molecule has 0 spiro atoms. The minimum absolute atomic E-state index is 0. The first-order chi connectivity index (χ1) is 34.0. The molecule has 0 aliphatic carbocycles. The van der Waals surface area contributed by atoms with Crippen molar-refractivity contribution in [3.05, 3.63) is 48.1 Å². The first-order valence-electron chi connectivity index (χ1n) is 26.0. The fourth-order valence-electron chi connectivity index (χ4n) is 3.03. The molecule has 480 valence electrons. The van der Waals surface area contributed by atoms with Crippen molar-refractivity contribution in [2.75, 3.05) is 0 Å². The number of carbonyl (C=O) groups excluding carboxylic acids is 4. The van der Waals surface area contributed by atoms with Gasteiger partial charge in [0.15, 0.2) is 0 Å². The van der Waals surface area contributed by atoms with E-state index in [1.807, 2.05) is 0 Å². The van der Waals surface area contributed by atoms with Crippen molar-refractivity contribution in [3.63, 3.8) is 0 Å². The van der Waals surface area contributed by atoms with Gasteiger partial charge >= 0.3 is 76.3 Å². The predicted molar refractivity (Wildman–Crippen MR) is 298 cm³/mol. The van der Waals surface area contributed by atoms with Crippen LogP contribution in [0.5, 0.6) is 0 Å². The van der Waals surface area contributed by atoms with Crippen LogP contribution in [0.1, 0.15) is 249 Å². The van der Waals surface area contributed by atoms with Crippen molar-refractivity contribution in [2.24, 2.45) is 0 Å². The molecule has 0 atom stereocenters. The maximum atomic E-state index is 11.2. The molecule has 0 radical (unpaired) electrons. The first kappa shape index (κ1) is 101. The van der Waals surface area contributed by atoms with E-state index in [4.69, 9.17) is 37.9 Å². The van der Waals surface area contributed by atoms with Crippen LogP contribution in [0.4, 0.5) is 0 Å². The summed E-state index contributed by atoms with van der Waals surface area (Å²) in [7, 11) is 0. The van der Waals surface area contributed by atoms with Crippen molar-refractivity contribution < 1.29 is 150 Å². The van der Waals surface area contributed by atoms with Crippen molar-refractivity contribution in [1.82, 2.24) is 0 Å². The van der Waals surface area contributed by atoms with Crippen LogP contribution in [-0.4, -0.2) is 91.1 Å². The summed E-state index contributed by atoms with van der Waals surface area (Å²) in [6.07, 6.45) is 3.26. The van der Waals surface area contributed by atoms with Crippen molar-refractivity contribution in [1.29, 1.82) is 0 Å². The molecular formula is C60H112O20Zr2. The van der Waals surface area contributed by atoms with Gasteiger partial charge in [0.2, 0.25) is 0 Å². The van der Waals surface area contributed by atoms with E-state index in [2.05, 4.69) is 0 Å². The van der Waals surface area contributed by atoms with Crippen LogP contribution in [-0.2, 0) is 109 Å². The van der Waals surface area contributed by atoms with Gasteiger partial charge in [0, 0.05) is 46.7 Å². The summed E-state index contributed by atoms with van der Waals surface area (Å²) in [5.74, 6) is -5.47. The smallest absolute Gasteiger partial charge is 0.850 e. The fraction of sp³-hybridized carbons (Fsp3) is 0.800. The van der Waals surface area contributed by atoms with Gasteiger partial charge < -0.3 is 78.7 Å². The van der Waals surface area contributed by atoms with Crippen molar-refractivity contribution >= 4 is 23.9 Å². The minimum atomic E-state index is -0.750. The minimum Gasteiger partial charge on any atom is -0.850 e. The van der Waals surface area contributed by atoms with Gasteiger partial charge in [0.1, 0.15) is 22.4 Å². The third kappa shape index (κ3) is 158. The standard InChI is InChI=1S/4C11H20O4.4C4H9O.2Zr/c4*1-10(2,3)14-8(12)7-9(13)15-11(4,5)6;4*1-4(2,3)5;;/h4*7,12H,1-6H3;4*1-3H3;;/q;;;;4*-1;2*+4/p-4/b4*8-7+;;;;;;. The van der Waals surface area contributed by atoms with Crippen LogP contribution in [0.3, 0.4) is 0 Å². The number of ether oxygens (including phenoxy) is 8. The molecule has 0 amide bonds. The molecule has 20 nitrogen and oxygen atoms in total. The Labute approximate surface area is 535 Å². The monoisotopic (exact) mass is 1330 g/mol. The Balaban J connectivity index is -0.0000000939. The van der Waals surface area contributed by atoms with E-state index < -0.39 is 115 Å². The second kappa shape index (κ2) is 41.8. The van der Waals surface area contributed by atoms with Gasteiger partial charge in [0.25, 0.3) is 0 Å². The van der Waals surface area contributed by atoms with Gasteiger partial charge in [-0.2, -0.15) is 0 Å².